The van der Waals surface area contributed by atoms with E-state index >= 15 is 0 Å². The monoisotopic (exact) mass is 229 g/mol. The number of rotatable bonds is 4. The van der Waals surface area contributed by atoms with Gasteiger partial charge in [-0.3, -0.25) is 4.79 Å². The number of halogens is 1. The van der Waals surface area contributed by atoms with Gasteiger partial charge in [-0.25, -0.2) is 0 Å². The number of carbonyl (C=O) groups is 1. The second-order valence-corrected chi connectivity index (χ2v) is 3.88. The average molecular weight is 230 g/mol. The van der Waals surface area contributed by atoms with Crippen LogP contribution in [-0.2, 0) is 6.54 Å². The Balaban J connectivity index is 2.81. The highest BCUT2D eigenvalue weighted by molar-refractivity contribution is 6.31. The van der Waals surface area contributed by atoms with Gasteiger partial charge in [0.25, 0.3) is 5.91 Å². The number of nitrogens with zero attached hydrogens (tertiary/aromatic N) is 1. The maximum Gasteiger partial charge on any atom is 0.268 e. The SMILES string of the molecule is CCn1cc(Cl)cc1C(=O)N[C@H](C)CN. The van der Waals surface area contributed by atoms with Crippen molar-refractivity contribution in [3.8, 4) is 0 Å². The lowest BCUT2D eigenvalue weighted by molar-refractivity contribution is 0.0932. The number of hydrogen-bond acceptors (Lipinski definition) is 2. The van der Waals surface area contributed by atoms with Gasteiger partial charge < -0.3 is 15.6 Å². The van der Waals surface area contributed by atoms with Gasteiger partial charge in [0, 0.05) is 25.3 Å². The fourth-order valence-corrected chi connectivity index (χ4v) is 1.50. The smallest absolute Gasteiger partial charge is 0.268 e. The van der Waals surface area contributed by atoms with Gasteiger partial charge in [0.15, 0.2) is 0 Å². The zero-order valence-electron chi connectivity index (χ0n) is 8.96. The maximum atomic E-state index is 11.8. The van der Waals surface area contributed by atoms with E-state index in [0.29, 0.717) is 23.8 Å². The predicted octanol–water partition coefficient (Wildman–Crippen LogP) is 1.24. The normalized spacial score (nSPS) is 12.5. The van der Waals surface area contributed by atoms with E-state index in [0.717, 1.165) is 0 Å². The van der Waals surface area contributed by atoms with Gasteiger partial charge in [0.2, 0.25) is 0 Å². The predicted molar refractivity (Wildman–Crippen MR) is 61.1 cm³/mol. The molecular weight excluding hydrogens is 214 g/mol. The van der Waals surface area contributed by atoms with Crippen LogP contribution < -0.4 is 11.1 Å². The Morgan fingerprint density at radius 1 is 1.73 bits per heavy atom. The van der Waals surface area contributed by atoms with Crippen LogP contribution in [0.1, 0.15) is 24.3 Å². The highest BCUT2D eigenvalue weighted by Gasteiger charge is 2.13. The molecular formula is C10H16ClN3O. The summed E-state index contributed by atoms with van der Waals surface area (Å²) in [5.41, 5.74) is 6.00. The van der Waals surface area contributed by atoms with Crippen LogP contribution in [0.25, 0.3) is 0 Å². The molecule has 0 aliphatic heterocycles. The first-order valence-corrected chi connectivity index (χ1v) is 5.32. The standard InChI is InChI=1S/C10H16ClN3O/c1-3-14-6-8(11)4-9(14)10(15)13-7(2)5-12/h4,6-7H,3,5,12H2,1-2H3,(H,13,15)/t7-/m1/s1. The first kappa shape index (κ1) is 12.1. The van der Waals surface area contributed by atoms with Gasteiger partial charge in [-0.2, -0.15) is 0 Å². The number of amides is 1. The molecule has 0 fully saturated rings. The summed E-state index contributed by atoms with van der Waals surface area (Å²) in [7, 11) is 0. The quantitative estimate of drug-likeness (QED) is 0.816. The number of nitrogens with one attached hydrogen (secondary N) is 1. The molecule has 0 radical (unpaired) electrons. The van der Waals surface area contributed by atoms with Gasteiger partial charge in [0.1, 0.15) is 5.69 Å². The molecule has 0 aromatic carbocycles. The summed E-state index contributed by atoms with van der Waals surface area (Å²) >= 11 is 5.83. The second-order valence-electron chi connectivity index (χ2n) is 3.44. The topological polar surface area (TPSA) is 60.0 Å². The summed E-state index contributed by atoms with van der Waals surface area (Å²) in [4.78, 5) is 11.8. The third-order valence-electron chi connectivity index (χ3n) is 2.17. The van der Waals surface area contributed by atoms with E-state index in [4.69, 9.17) is 17.3 Å². The van der Waals surface area contributed by atoms with E-state index in [9.17, 15) is 4.79 Å². The van der Waals surface area contributed by atoms with Crippen LogP contribution >= 0.6 is 11.6 Å². The first-order chi connectivity index (χ1) is 7.08. The van der Waals surface area contributed by atoms with Crippen LogP contribution in [-0.4, -0.2) is 23.1 Å². The van der Waals surface area contributed by atoms with Crippen molar-refractivity contribution in [2.45, 2.75) is 26.4 Å². The Morgan fingerprint density at radius 3 is 2.93 bits per heavy atom. The molecule has 0 bridgehead atoms. The molecule has 1 atom stereocenters. The zero-order valence-corrected chi connectivity index (χ0v) is 9.71. The average Bonchev–Trinajstić information content (AvgIpc) is 2.59. The largest absolute Gasteiger partial charge is 0.347 e. The Morgan fingerprint density at radius 2 is 2.40 bits per heavy atom. The Labute approximate surface area is 94.4 Å². The van der Waals surface area contributed by atoms with Crippen LogP contribution in [0.4, 0.5) is 0 Å². The van der Waals surface area contributed by atoms with Crippen molar-refractivity contribution in [3.63, 3.8) is 0 Å². The second kappa shape index (κ2) is 5.19. The van der Waals surface area contributed by atoms with Crippen LogP contribution in [0.3, 0.4) is 0 Å². The minimum absolute atomic E-state index is 0.0310. The van der Waals surface area contributed by atoms with E-state index < -0.39 is 0 Å². The van der Waals surface area contributed by atoms with Crippen molar-refractivity contribution in [1.82, 2.24) is 9.88 Å². The van der Waals surface area contributed by atoms with E-state index in [1.807, 2.05) is 13.8 Å². The minimum atomic E-state index is -0.137. The van der Waals surface area contributed by atoms with Crippen LogP contribution in [0.15, 0.2) is 12.3 Å². The summed E-state index contributed by atoms with van der Waals surface area (Å²) in [6, 6.07) is 1.63. The molecule has 1 heterocycles. The molecule has 1 aromatic heterocycles. The van der Waals surface area contributed by atoms with Gasteiger partial charge in [-0.1, -0.05) is 11.6 Å². The fraction of sp³-hybridized carbons (Fsp3) is 0.500. The van der Waals surface area contributed by atoms with Crippen molar-refractivity contribution < 1.29 is 4.79 Å². The molecule has 0 saturated carbocycles. The molecule has 15 heavy (non-hydrogen) atoms. The van der Waals surface area contributed by atoms with Crippen LogP contribution in [0, 0.1) is 0 Å². The Kier molecular flexibility index (Phi) is 4.17. The molecule has 0 unspecified atom stereocenters. The Bertz CT molecular complexity index is 348. The summed E-state index contributed by atoms with van der Waals surface area (Å²) in [6.45, 7) is 4.96. The first-order valence-electron chi connectivity index (χ1n) is 4.95. The van der Waals surface area contributed by atoms with E-state index in [1.54, 1.807) is 16.8 Å². The highest BCUT2D eigenvalue weighted by atomic mass is 35.5. The van der Waals surface area contributed by atoms with Gasteiger partial charge in [-0.05, 0) is 19.9 Å². The molecule has 3 N–H and O–H groups in total. The number of hydrogen-bond donors (Lipinski definition) is 2. The van der Waals surface area contributed by atoms with Gasteiger partial charge in [-0.15, -0.1) is 0 Å². The van der Waals surface area contributed by atoms with E-state index in [1.165, 1.54) is 0 Å². The van der Waals surface area contributed by atoms with E-state index in [-0.39, 0.29) is 11.9 Å². The fourth-order valence-electron chi connectivity index (χ4n) is 1.28. The molecule has 1 rings (SSSR count). The molecule has 0 aliphatic rings. The molecule has 5 heteroatoms. The summed E-state index contributed by atoms with van der Waals surface area (Å²) < 4.78 is 1.81. The third kappa shape index (κ3) is 2.97. The lowest BCUT2D eigenvalue weighted by Gasteiger charge is -2.12. The molecule has 0 saturated heterocycles. The van der Waals surface area contributed by atoms with Crippen LogP contribution in [0.2, 0.25) is 5.02 Å². The summed E-state index contributed by atoms with van der Waals surface area (Å²) in [5, 5.41) is 3.36. The van der Waals surface area contributed by atoms with Crippen molar-refractivity contribution >= 4 is 17.5 Å². The molecule has 84 valence electrons. The van der Waals surface area contributed by atoms with Crippen molar-refractivity contribution in [2.75, 3.05) is 6.54 Å². The lowest BCUT2D eigenvalue weighted by Crippen LogP contribution is -2.38. The number of aromatic nitrogens is 1. The van der Waals surface area contributed by atoms with Crippen molar-refractivity contribution in [3.05, 3.63) is 23.0 Å². The highest BCUT2D eigenvalue weighted by Crippen LogP contribution is 2.14. The lowest BCUT2D eigenvalue weighted by atomic mass is 10.3. The van der Waals surface area contributed by atoms with Crippen molar-refractivity contribution in [2.24, 2.45) is 5.73 Å². The van der Waals surface area contributed by atoms with Crippen molar-refractivity contribution in [1.29, 1.82) is 0 Å². The molecule has 1 aromatic rings. The minimum Gasteiger partial charge on any atom is -0.347 e. The zero-order chi connectivity index (χ0) is 11.4. The molecule has 1 amide bonds. The summed E-state index contributed by atoms with van der Waals surface area (Å²) in [5.74, 6) is -0.137. The van der Waals surface area contributed by atoms with E-state index in [2.05, 4.69) is 5.32 Å². The Hall–Kier alpha value is -1.00. The summed E-state index contributed by atoms with van der Waals surface area (Å²) in [6.07, 6.45) is 1.74. The molecule has 0 aliphatic carbocycles. The number of aryl methyl sites for hydroxylation is 1. The maximum absolute atomic E-state index is 11.8. The third-order valence-corrected chi connectivity index (χ3v) is 2.37. The van der Waals surface area contributed by atoms with Gasteiger partial charge in [0.05, 0.1) is 5.02 Å². The van der Waals surface area contributed by atoms with Gasteiger partial charge >= 0.3 is 0 Å². The number of nitrogens with two attached hydrogens (primary N) is 1. The van der Waals surface area contributed by atoms with Crippen LogP contribution in [0.5, 0.6) is 0 Å². The molecule has 0 spiro atoms. The molecule has 4 nitrogen and oxygen atoms in total. The number of carbonyl (C=O) groups excluding carboxylic acids is 1.